The van der Waals surface area contributed by atoms with Crippen LogP contribution in [-0.4, -0.2) is 25.0 Å². The zero-order valence-electron chi connectivity index (χ0n) is 9.75. The van der Waals surface area contributed by atoms with Crippen LogP contribution in [0.3, 0.4) is 0 Å². The monoisotopic (exact) mass is 292 g/mol. The van der Waals surface area contributed by atoms with Crippen molar-refractivity contribution in [3.8, 4) is 0 Å². The second-order valence-electron chi connectivity index (χ2n) is 4.61. The molecular weight excluding hydrogens is 281 g/mol. The number of hydrogen-bond acceptors (Lipinski definition) is 2. The van der Waals surface area contributed by atoms with Crippen LogP contribution in [0.5, 0.6) is 0 Å². The van der Waals surface area contributed by atoms with E-state index >= 15 is 0 Å². The number of alkyl halides is 3. The molecule has 2 atom stereocenters. The van der Waals surface area contributed by atoms with Gasteiger partial charge in [-0.1, -0.05) is 12.1 Å². The Bertz CT molecular complexity index is 518. The molecule has 19 heavy (non-hydrogen) atoms. The molecule has 104 valence electrons. The van der Waals surface area contributed by atoms with E-state index in [1.807, 2.05) is 0 Å². The van der Waals surface area contributed by atoms with Crippen LogP contribution in [0, 0.1) is 0 Å². The molecule has 3 rings (SSSR count). The number of fused-ring (bicyclic) bond motifs is 3. The van der Waals surface area contributed by atoms with Crippen molar-refractivity contribution in [2.75, 3.05) is 13.1 Å². The number of benzene rings is 1. The van der Waals surface area contributed by atoms with E-state index in [-0.39, 0.29) is 29.9 Å². The highest BCUT2D eigenvalue weighted by Crippen LogP contribution is 2.38. The van der Waals surface area contributed by atoms with Gasteiger partial charge in [0.25, 0.3) is 5.91 Å². The zero-order valence-corrected chi connectivity index (χ0v) is 10.6. The lowest BCUT2D eigenvalue weighted by atomic mass is 9.84. The number of carbonyl (C=O) groups excluding carboxylic acids is 1. The Balaban J connectivity index is 0.00000133. The van der Waals surface area contributed by atoms with E-state index < -0.39 is 17.6 Å². The van der Waals surface area contributed by atoms with Crippen molar-refractivity contribution in [2.24, 2.45) is 0 Å². The summed E-state index contributed by atoms with van der Waals surface area (Å²) >= 11 is 0. The topological polar surface area (TPSA) is 41.1 Å². The molecule has 1 aromatic rings. The van der Waals surface area contributed by atoms with Gasteiger partial charge in [0.1, 0.15) is 0 Å². The molecular formula is C12H12ClF3N2O. The highest BCUT2D eigenvalue weighted by Gasteiger charge is 2.43. The van der Waals surface area contributed by atoms with Gasteiger partial charge < -0.3 is 10.6 Å². The fourth-order valence-electron chi connectivity index (χ4n) is 2.77. The van der Waals surface area contributed by atoms with Crippen LogP contribution in [-0.2, 0) is 6.18 Å². The molecule has 0 aromatic heterocycles. The van der Waals surface area contributed by atoms with Gasteiger partial charge in [0.2, 0.25) is 0 Å². The van der Waals surface area contributed by atoms with Crippen molar-refractivity contribution >= 4 is 18.3 Å². The maximum atomic E-state index is 12.9. The van der Waals surface area contributed by atoms with E-state index in [4.69, 9.17) is 0 Å². The minimum absolute atomic E-state index is 0. The van der Waals surface area contributed by atoms with Crippen LogP contribution in [0.15, 0.2) is 18.2 Å². The smallest absolute Gasteiger partial charge is 0.347 e. The summed E-state index contributed by atoms with van der Waals surface area (Å²) in [6.45, 7) is 1.20. The van der Waals surface area contributed by atoms with Gasteiger partial charge in [0, 0.05) is 25.0 Å². The summed E-state index contributed by atoms with van der Waals surface area (Å²) < 4.78 is 38.7. The molecule has 0 aliphatic carbocycles. The van der Waals surface area contributed by atoms with Gasteiger partial charge in [0.15, 0.2) is 0 Å². The number of halogens is 4. The lowest BCUT2D eigenvalue weighted by Crippen LogP contribution is -2.45. The molecule has 2 aliphatic heterocycles. The summed E-state index contributed by atoms with van der Waals surface area (Å²) in [5, 5.41) is 5.73. The molecule has 2 heterocycles. The van der Waals surface area contributed by atoms with Gasteiger partial charge in [-0.15, -0.1) is 12.4 Å². The highest BCUT2D eigenvalue weighted by atomic mass is 35.5. The lowest BCUT2D eigenvalue weighted by Gasteiger charge is -2.29. The first-order valence-corrected chi connectivity index (χ1v) is 5.70. The van der Waals surface area contributed by atoms with E-state index in [0.717, 1.165) is 6.07 Å². The van der Waals surface area contributed by atoms with Gasteiger partial charge in [-0.25, -0.2) is 0 Å². The Morgan fingerprint density at radius 3 is 2.63 bits per heavy atom. The Hall–Kier alpha value is -1.27. The maximum Gasteiger partial charge on any atom is 0.417 e. The van der Waals surface area contributed by atoms with Crippen molar-refractivity contribution in [3.63, 3.8) is 0 Å². The summed E-state index contributed by atoms with van der Waals surface area (Å²) in [7, 11) is 0. The van der Waals surface area contributed by atoms with Crippen LogP contribution in [0.1, 0.15) is 27.4 Å². The SMILES string of the molecule is Cl.O=C1N[C@H]2CNC[C@H]2c2cccc(C(F)(F)F)c21. The van der Waals surface area contributed by atoms with Gasteiger partial charge in [-0.2, -0.15) is 13.2 Å². The van der Waals surface area contributed by atoms with Gasteiger partial charge in [-0.3, -0.25) is 4.79 Å². The number of nitrogens with one attached hydrogen (secondary N) is 2. The van der Waals surface area contributed by atoms with Crippen molar-refractivity contribution in [1.29, 1.82) is 0 Å². The van der Waals surface area contributed by atoms with Gasteiger partial charge in [0.05, 0.1) is 11.1 Å². The van der Waals surface area contributed by atoms with Crippen LogP contribution < -0.4 is 10.6 Å². The third kappa shape index (κ3) is 2.19. The Labute approximate surface area is 114 Å². The normalized spacial score (nSPS) is 25.1. The summed E-state index contributed by atoms with van der Waals surface area (Å²) in [6.07, 6.45) is -4.50. The lowest BCUT2D eigenvalue weighted by molar-refractivity contribution is -0.138. The van der Waals surface area contributed by atoms with Crippen molar-refractivity contribution in [2.45, 2.75) is 18.1 Å². The van der Waals surface area contributed by atoms with Crippen LogP contribution >= 0.6 is 12.4 Å². The number of rotatable bonds is 0. The molecule has 7 heteroatoms. The predicted molar refractivity (Wildman–Crippen MR) is 65.6 cm³/mol. The first-order valence-electron chi connectivity index (χ1n) is 5.70. The summed E-state index contributed by atoms with van der Waals surface area (Å²) in [6, 6.07) is 3.85. The molecule has 1 amide bonds. The average Bonchev–Trinajstić information content (AvgIpc) is 2.75. The molecule has 1 saturated heterocycles. The molecule has 0 saturated carbocycles. The first kappa shape index (κ1) is 14.1. The number of amides is 1. The maximum absolute atomic E-state index is 12.9. The number of hydrogen-bond donors (Lipinski definition) is 2. The number of carbonyl (C=O) groups is 1. The fraction of sp³-hybridized carbons (Fsp3) is 0.417. The third-order valence-corrected chi connectivity index (χ3v) is 3.56. The minimum Gasteiger partial charge on any atom is -0.347 e. The van der Waals surface area contributed by atoms with Crippen molar-refractivity contribution in [3.05, 3.63) is 34.9 Å². The molecule has 3 nitrogen and oxygen atoms in total. The molecule has 0 spiro atoms. The van der Waals surface area contributed by atoms with Crippen LogP contribution in [0.25, 0.3) is 0 Å². The van der Waals surface area contributed by atoms with E-state index in [1.165, 1.54) is 6.07 Å². The molecule has 1 fully saturated rings. The Kier molecular flexibility index (Phi) is 3.49. The molecule has 0 unspecified atom stereocenters. The van der Waals surface area contributed by atoms with Crippen molar-refractivity contribution < 1.29 is 18.0 Å². The Morgan fingerprint density at radius 2 is 1.95 bits per heavy atom. The van der Waals surface area contributed by atoms with E-state index in [1.54, 1.807) is 6.07 Å². The fourth-order valence-corrected chi connectivity index (χ4v) is 2.77. The predicted octanol–water partition coefficient (Wildman–Crippen LogP) is 1.93. The summed E-state index contributed by atoms with van der Waals surface area (Å²) in [5.74, 6) is -0.692. The standard InChI is InChI=1S/C12H11F3N2O.ClH/c13-12(14,15)8-3-1-2-6-7-4-16-5-9(7)17-11(18)10(6)8;/h1-3,7,9,16H,4-5H2,(H,17,18);1H/t7-,9-;/m0./s1. The minimum atomic E-state index is -4.50. The largest absolute Gasteiger partial charge is 0.417 e. The van der Waals surface area contributed by atoms with E-state index in [2.05, 4.69) is 10.6 Å². The third-order valence-electron chi connectivity index (χ3n) is 3.56. The van der Waals surface area contributed by atoms with Crippen LogP contribution in [0.2, 0.25) is 0 Å². The summed E-state index contributed by atoms with van der Waals surface area (Å²) in [4.78, 5) is 11.9. The quantitative estimate of drug-likeness (QED) is 0.767. The van der Waals surface area contributed by atoms with E-state index in [0.29, 0.717) is 18.7 Å². The van der Waals surface area contributed by atoms with E-state index in [9.17, 15) is 18.0 Å². The second kappa shape index (κ2) is 4.68. The molecule has 2 N–H and O–H groups in total. The molecule has 0 radical (unpaired) electrons. The highest BCUT2D eigenvalue weighted by molar-refractivity contribution is 5.99. The van der Waals surface area contributed by atoms with Gasteiger partial charge >= 0.3 is 6.18 Å². The second-order valence-corrected chi connectivity index (χ2v) is 4.61. The Morgan fingerprint density at radius 1 is 1.21 bits per heavy atom. The molecule has 2 aliphatic rings. The first-order chi connectivity index (χ1) is 8.48. The zero-order chi connectivity index (χ0) is 12.9. The molecule has 0 bridgehead atoms. The van der Waals surface area contributed by atoms with Crippen molar-refractivity contribution in [1.82, 2.24) is 10.6 Å². The molecule has 1 aromatic carbocycles. The van der Waals surface area contributed by atoms with Gasteiger partial charge in [-0.05, 0) is 11.6 Å². The summed E-state index contributed by atoms with van der Waals surface area (Å²) in [5.41, 5.74) is -0.554. The average molecular weight is 293 g/mol. The van der Waals surface area contributed by atoms with Crippen LogP contribution in [0.4, 0.5) is 13.2 Å².